The van der Waals surface area contributed by atoms with E-state index in [9.17, 15) is 14.0 Å². The summed E-state index contributed by atoms with van der Waals surface area (Å²) in [7, 11) is 1.31. The molecular weight excluding hydrogens is 439 g/mol. The molecule has 2 aliphatic rings. The van der Waals surface area contributed by atoms with Gasteiger partial charge in [0.15, 0.2) is 5.69 Å². The van der Waals surface area contributed by atoms with E-state index in [2.05, 4.69) is 40.9 Å². The average Bonchev–Trinajstić information content (AvgIpc) is 3.45. The number of anilines is 1. The lowest BCUT2D eigenvalue weighted by molar-refractivity contribution is -0.136. The molecule has 1 amide bonds. The smallest absolute Gasteiger partial charge is 0.360 e. The summed E-state index contributed by atoms with van der Waals surface area (Å²) in [5.41, 5.74) is 1.15. The Bertz CT molecular complexity index is 1010. The Morgan fingerprint density at radius 2 is 1.79 bits per heavy atom. The van der Waals surface area contributed by atoms with Crippen LogP contribution in [0.2, 0.25) is 0 Å². The average molecular weight is 473 g/mol. The molecular formula is C24H33FN6O3. The van der Waals surface area contributed by atoms with Gasteiger partial charge in [0.05, 0.1) is 25.4 Å². The third-order valence-corrected chi connectivity index (χ3v) is 6.41. The van der Waals surface area contributed by atoms with Gasteiger partial charge in [-0.15, -0.1) is 5.10 Å². The second kappa shape index (κ2) is 9.69. The number of carbonyl (C=O) groups is 2. The molecule has 0 N–H and O–H groups in total. The summed E-state index contributed by atoms with van der Waals surface area (Å²) in [4.78, 5) is 31.8. The molecule has 2 aliphatic heterocycles. The number of piperazine rings is 1. The fourth-order valence-electron chi connectivity index (χ4n) is 4.81. The van der Waals surface area contributed by atoms with Crippen molar-refractivity contribution in [2.24, 2.45) is 5.41 Å². The van der Waals surface area contributed by atoms with Gasteiger partial charge in [-0.3, -0.25) is 9.69 Å². The summed E-state index contributed by atoms with van der Waals surface area (Å²) in [6.07, 6.45) is 2.21. The minimum Gasteiger partial charge on any atom is -0.464 e. The largest absolute Gasteiger partial charge is 0.464 e. The van der Waals surface area contributed by atoms with E-state index >= 15 is 0 Å². The van der Waals surface area contributed by atoms with Crippen molar-refractivity contribution in [2.45, 2.75) is 39.3 Å². The molecule has 3 heterocycles. The van der Waals surface area contributed by atoms with Crippen molar-refractivity contribution in [2.75, 3.05) is 51.3 Å². The molecule has 0 spiro atoms. The number of amides is 1. The van der Waals surface area contributed by atoms with E-state index in [0.717, 1.165) is 12.2 Å². The van der Waals surface area contributed by atoms with Crippen LogP contribution in [-0.2, 0) is 9.53 Å². The molecule has 0 bridgehead atoms. The van der Waals surface area contributed by atoms with Crippen LogP contribution in [0.4, 0.5) is 10.1 Å². The molecule has 184 valence electrons. The lowest BCUT2D eigenvalue weighted by Gasteiger charge is -2.39. The molecule has 0 radical (unpaired) electrons. The highest BCUT2D eigenvalue weighted by atomic mass is 19.1. The maximum Gasteiger partial charge on any atom is 0.360 e. The highest BCUT2D eigenvalue weighted by molar-refractivity contribution is 5.86. The number of halogens is 1. The van der Waals surface area contributed by atoms with Crippen molar-refractivity contribution in [1.29, 1.82) is 0 Å². The summed E-state index contributed by atoms with van der Waals surface area (Å²) in [5, 5.41) is 8.06. The van der Waals surface area contributed by atoms with E-state index in [0.29, 0.717) is 39.1 Å². The van der Waals surface area contributed by atoms with Gasteiger partial charge < -0.3 is 14.5 Å². The zero-order valence-electron chi connectivity index (χ0n) is 20.3. The Balaban J connectivity index is 1.44. The molecule has 9 nitrogen and oxygen atoms in total. The molecule has 4 rings (SSSR count). The number of nitrogens with zero attached hydrogens (tertiary/aromatic N) is 6. The van der Waals surface area contributed by atoms with Crippen molar-refractivity contribution >= 4 is 17.6 Å². The lowest BCUT2D eigenvalue weighted by atomic mass is 9.95. The van der Waals surface area contributed by atoms with Gasteiger partial charge in [-0.1, -0.05) is 26.0 Å². The summed E-state index contributed by atoms with van der Waals surface area (Å²) in [5.74, 6) is -0.653. The number of likely N-dealkylation sites (tertiary alicyclic amines) is 1. The first-order valence-corrected chi connectivity index (χ1v) is 11.7. The Morgan fingerprint density at radius 3 is 2.41 bits per heavy atom. The molecule has 2 atom stereocenters. The van der Waals surface area contributed by atoms with Crippen molar-refractivity contribution in [3.63, 3.8) is 0 Å². The number of ether oxygens (including phenoxy) is 1. The Labute approximate surface area is 199 Å². The molecule has 2 fully saturated rings. The third-order valence-electron chi connectivity index (χ3n) is 6.41. The van der Waals surface area contributed by atoms with Crippen molar-refractivity contribution in [1.82, 2.24) is 24.8 Å². The Morgan fingerprint density at radius 1 is 1.12 bits per heavy atom. The summed E-state index contributed by atoms with van der Waals surface area (Å²) < 4.78 is 19.7. The van der Waals surface area contributed by atoms with Crippen LogP contribution in [0.5, 0.6) is 0 Å². The third kappa shape index (κ3) is 5.38. The van der Waals surface area contributed by atoms with Crippen molar-refractivity contribution in [3.05, 3.63) is 42.0 Å². The summed E-state index contributed by atoms with van der Waals surface area (Å²) in [6.45, 7) is 10.6. The zero-order chi connectivity index (χ0) is 24.5. The van der Waals surface area contributed by atoms with Crippen LogP contribution in [0.1, 0.15) is 43.7 Å². The normalized spacial score (nSPS) is 21.7. The van der Waals surface area contributed by atoms with E-state index in [4.69, 9.17) is 4.74 Å². The van der Waals surface area contributed by atoms with E-state index in [-0.39, 0.29) is 34.9 Å². The SMILES string of the molecule is COC(=O)c1cn([C@H]2C[C@@H](C(=O)N3CCN(c4ccc(F)cc4)CC3)N(CC(C)(C)C)C2)nn1. The quantitative estimate of drug-likeness (QED) is 0.617. The topological polar surface area (TPSA) is 83.8 Å². The van der Waals surface area contributed by atoms with E-state index in [1.165, 1.54) is 19.2 Å². The highest BCUT2D eigenvalue weighted by Gasteiger charge is 2.42. The maximum absolute atomic E-state index is 13.6. The van der Waals surface area contributed by atoms with Crippen LogP contribution in [0, 0.1) is 11.2 Å². The minimum absolute atomic E-state index is 0.0221. The maximum atomic E-state index is 13.6. The standard InChI is InChI=1S/C24H33FN6O3/c1-24(2,3)16-30-14-19(31-15-20(26-27-31)23(33)34-4)13-21(30)22(32)29-11-9-28(10-12-29)18-7-5-17(25)6-8-18/h5-8,15,19,21H,9-14,16H2,1-4H3/t19-,21-/m0/s1. The number of benzene rings is 1. The van der Waals surface area contributed by atoms with Gasteiger partial charge in [-0.2, -0.15) is 0 Å². The molecule has 1 aromatic carbocycles. The first kappa shape index (κ1) is 24.1. The number of methoxy groups -OCH3 is 1. The molecule has 0 aliphatic carbocycles. The molecule has 34 heavy (non-hydrogen) atoms. The number of aromatic nitrogens is 3. The second-order valence-electron chi connectivity index (χ2n) is 10.3. The van der Waals surface area contributed by atoms with Gasteiger partial charge in [0.1, 0.15) is 5.82 Å². The van der Waals surface area contributed by atoms with Gasteiger partial charge in [0, 0.05) is 45.0 Å². The van der Waals surface area contributed by atoms with Crippen molar-refractivity contribution < 1.29 is 18.7 Å². The van der Waals surface area contributed by atoms with Gasteiger partial charge in [0.2, 0.25) is 5.91 Å². The van der Waals surface area contributed by atoms with E-state index in [1.807, 2.05) is 4.90 Å². The molecule has 1 aromatic heterocycles. The minimum atomic E-state index is -0.526. The summed E-state index contributed by atoms with van der Waals surface area (Å²) in [6, 6.07) is 6.17. The first-order valence-electron chi connectivity index (χ1n) is 11.7. The second-order valence-corrected chi connectivity index (χ2v) is 10.3. The predicted molar refractivity (Wildman–Crippen MR) is 125 cm³/mol. The molecule has 10 heteroatoms. The van der Waals surface area contributed by atoms with Gasteiger partial charge in [-0.05, 0) is 36.1 Å². The first-order chi connectivity index (χ1) is 16.1. The number of hydrogen-bond donors (Lipinski definition) is 0. The number of esters is 1. The number of rotatable bonds is 5. The molecule has 2 saturated heterocycles. The van der Waals surface area contributed by atoms with Crippen LogP contribution >= 0.6 is 0 Å². The fourth-order valence-corrected chi connectivity index (χ4v) is 4.81. The fraction of sp³-hybridized carbons (Fsp3) is 0.583. The molecule has 2 aromatic rings. The van der Waals surface area contributed by atoms with Gasteiger partial charge in [0.25, 0.3) is 0 Å². The molecule has 0 unspecified atom stereocenters. The Hall–Kier alpha value is -3.01. The van der Waals surface area contributed by atoms with Crippen LogP contribution < -0.4 is 4.90 Å². The number of hydrogen-bond acceptors (Lipinski definition) is 7. The monoisotopic (exact) mass is 472 g/mol. The van der Waals surface area contributed by atoms with E-state index in [1.54, 1.807) is 23.0 Å². The number of carbonyl (C=O) groups excluding carboxylic acids is 2. The van der Waals surface area contributed by atoms with Crippen LogP contribution in [0.15, 0.2) is 30.5 Å². The van der Waals surface area contributed by atoms with E-state index < -0.39 is 5.97 Å². The van der Waals surface area contributed by atoms with Crippen LogP contribution in [-0.4, -0.2) is 89.1 Å². The zero-order valence-corrected chi connectivity index (χ0v) is 20.3. The lowest BCUT2D eigenvalue weighted by Crippen LogP contribution is -2.54. The predicted octanol–water partition coefficient (Wildman–Crippen LogP) is 2.21. The van der Waals surface area contributed by atoms with Gasteiger partial charge >= 0.3 is 5.97 Å². The molecule has 0 saturated carbocycles. The Kier molecular flexibility index (Phi) is 6.88. The van der Waals surface area contributed by atoms with Crippen molar-refractivity contribution in [3.8, 4) is 0 Å². The summed E-state index contributed by atoms with van der Waals surface area (Å²) >= 11 is 0. The van der Waals surface area contributed by atoms with Crippen LogP contribution in [0.3, 0.4) is 0 Å². The highest BCUT2D eigenvalue weighted by Crippen LogP contribution is 2.31. The van der Waals surface area contributed by atoms with Gasteiger partial charge in [-0.25, -0.2) is 13.9 Å². The van der Waals surface area contributed by atoms with Crippen LogP contribution in [0.25, 0.3) is 0 Å².